The zero-order chi connectivity index (χ0) is 23.7. The number of alkyl halides is 3. The van der Waals surface area contributed by atoms with Gasteiger partial charge in [0.25, 0.3) is 15.9 Å². The van der Waals surface area contributed by atoms with Crippen molar-refractivity contribution >= 4 is 21.6 Å². The van der Waals surface area contributed by atoms with Gasteiger partial charge in [-0.05, 0) is 32.4 Å². The van der Waals surface area contributed by atoms with Crippen LogP contribution in [0.5, 0.6) is 5.88 Å². The first kappa shape index (κ1) is 23.7. The summed E-state index contributed by atoms with van der Waals surface area (Å²) in [6.07, 6.45) is -3.85. The maximum absolute atomic E-state index is 13.2. The number of sulfonamides is 1. The summed E-state index contributed by atoms with van der Waals surface area (Å²) in [6, 6.07) is 10.2. The maximum Gasteiger partial charge on any atom is 0.417 e. The zero-order valence-electron chi connectivity index (χ0n) is 17.6. The Morgan fingerprint density at radius 3 is 2.28 bits per heavy atom. The predicted octanol–water partition coefficient (Wildman–Crippen LogP) is 3.63. The fraction of sp³-hybridized carbons (Fsp3) is 0.381. The van der Waals surface area contributed by atoms with Gasteiger partial charge in [0.05, 0.1) is 17.6 Å². The van der Waals surface area contributed by atoms with E-state index in [1.807, 2.05) is 0 Å². The number of carbonyl (C=O) groups is 1. The Morgan fingerprint density at radius 2 is 1.75 bits per heavy atom. The van der Waals surface area contributed by atoms with Crippen molar-refractivity contribution in [2.24, 2.45) is 4.99 Å². The van der Waals surface area contributed by atoms with Gasteiger partial charge in [0.15, 0.2) is 5.25 Å². The molecule has 1 atom stereocenters. The summed E-state index contributed by atoms with van der Waals surface area (Å²) >= 11 is 0. The van der Waals surface area contributed by atoms with Gasteiger partial charge in [0.2, 0.25) is 5.88 Å². The minimum atomic E-state index is -4.50. The van der Waals surface area contributed by atoms with Gasteiger partial charge >= 0.3 is 6.18 Å². The molecule has 0 saturated carbocycles. The zero-order valence-corrected chi connectivity index (χ0v) is 18.4. The monoisotopic (exact) mass is 469 g/mol. The molecule has 1 saturated heterocycles. The molecule has 2 heterocycles. The van der Waals surface area contributed by atoms with E-state index in [1.165, 1.54) is 0 Å². The van der Waals surface area contributed by atoms with Crippen LogP contribution in [0.3, 0.4) is 0 Å². The minimum absolute atomic E-state index is 0.0421. The number of aliphatic imine (C=N–C) groups is 1. The summed E-state index contributed by atoms with van der Waals surface area (Å²) in [5, 5.41) is -1.25. The largest absolute Gasteiger partial charge is 0.476 e. The van der Waals surface area contributed by atoms with E-state index in [2.05, 4.69) is 9.98 Å². The third kappa shape index (κ3) is 4.77. The first-order chi connectivity index (χ1) is 14.8. The van der Waals surface area contributed by atoms with Crippen molar-refractivity contribution in [3.8, 4) is 5.88 Å². The minimum Gasteiger partial charge on any atom is -0.476 e. The Bertz CT molecular complexity index is 1110. The Hall–Kier alpha value is -2.95. The van der Waals surface area contributed by atoms with Crippen LogP contribution in [0.15, 0.2) is 53.7 Å². The molecule has 11 heteroatoms. The van der Waals surface area contributed by atoms with Crippen molar-refractivity contribution in [2.75, 3.05) is 13.2 Å². The Morgan fingerprint density at radius 1 is 1.09 bits per heavy atom. The van der Waals surface area contributed by atoms with E-state index in [9.17, 15) is 26.4 Å². The predicted molar refractivity (Wildman–Crippen MR) is 112 cm³/mol. The van der Waals surface area contributed by atoms with Crippen LogP contribution in [-0.4, -0.2) is 48.0 Å². The van der Waals surface area contributed by atoms with Gasteiger partial charge in [-0.15, -0.1) is 0 Å². The van der Waals surface area contributed by atoms with E-state index in [0.29, 0.717) is 11.8 Å². The van der Waals surface area contributed by atoms with Crippen molar-refractivity contribution in [3.05, 3.63) is 59.8 Å². The van der Waals surface area contributed by atoms with Crippen LogP contribution in [0.25, 0.3) is 0 Å². The lowest BCUT2D eigenvalue weighted by molar-refractivity contribution is -0.137. The van der Waals surface area contributed by atoms with Crippen LogP contribution >= 0.6 is 0 Å². The number of pyridine rings is 1. The quantitative estimate of drug-likeness (QED) is 0.624. The second kappa shape index (κ2) is 8.53. The summed E-state index contributed by atoms with van der Waals surface area (Å²) in [4.78, 5) is 20.8. The molecule has 0 bridgehead atoms. The normalized spacial score (nSPS) is 20.1. The lowest BCUT2D eigenvalue weighted by Crippen LogP contribution is -2.45. The lowest BCUT2D eigenvalue weighted by atomic mass is 10.1. The third-order valence-corrected chi connectivity index (χ3v) is 6.92. The number of benzene rings is 1. The smallest absolute Gasteiger partial charge is 0.417 e. The summed E-state index contributed by atoms with van der Waals surface area (Å²) < 4.78 is 70.4. The molecule has 0 radical (unpaired) electrons. The van der Waals surface area contributed by atoms with Crippen molar-refractivity contribution in [2.45, 2.75) is 37.7 Å². The Labute approximate surface area is 184 Å². The molecule has 0 spiro atoms. The van der Waals surface area contributed by atoms with Crippen LogP contribution < -0.4 is 4.74 Å². The standard InChI is InChI=1S/C21H22F3N3O4S/c1-20(2,3)27-19(28)17(18(32(27,29)30)14-7-5-4-6-8-14)25-11-12-31-16-10-9-15(13-26-16)21(22,23)24/h4-10,13,18H,11-12H2,1-3H3. The number of ether oxygens (including phenoxy) is 1. The maximum atomic E-state index is 13.2. The number of amides is 1. The van der Waals surface area contributed by atoms with E-state index in [-0.39, 0.29) is 24.7 Å². The highest BCUT2D eigenvalue weighted by molar-refractivity contribution is 7.91. The van der Waals surface area contributed by atoms with Crippen LogP contribution in [0.2, 0.25) is 0 Å². The molecule has 7 nitrogen and oxygen atoms in total. The number of carbonyl (C=O) groups excluding carboxylic acids is 1. The van der Waals surface area contributed by atoms with Gasteiger partial charge in [-0.3, -0.25) is 9.79 Å². The highest BCUT2D eigenvalue weighted by Gasteiger charge is 2.54. The van der Waals surface area contributed by atoms with Crippen LogP contribution in [0.4, 0.5) is 13.2 Å². The molecular weight excluding hydrogens is 447 g/mol. The van der Waals surface area contributed by atoms with Crippen molar-refractivity contribution in [1.82, 2.24) is 9.29 Å². The molecule has 1 aromatic heterocycles. The number of aromatic nitrogens is 1. The molecule has 32 heavy (non-hydrogen) atoms. The number of hydrogen-bond donors (Lipinski definition) is 0. The first-order valence-electron chi connectivity index (χ1n) is 9.67. The number of hydrogen-bond acceptors (Lipinski definition) is 6. The molecular formula is C21H22F3N3O4S. The van der Waals surface area contributed by atoms with Crippen molar-refractivity contribution in [3.63, 3.8) is 0 Å². The molecule has 1 aliphatic rings. The SMILES string of the molecule is CC(C)(C)N1C(=O)C(=NCCOc2ccc(C(F)(F)F)cn2)C(c2ccccc2)S1(=O)=O. The van der Waals surface area contributed by atoms with Gasteiger partial charge < -0.3 is 4.74 Å². The second-order valence-corrected chi connectivity index (χ2v) is 9.94. The molecule has 1 unspecified atom stereocenters. The molecule has 0 aliphatic carbocycles. The van der Waals surface area contributed by atoms with Gasteiger partial charge in [0, 0.05) is 12.3 Å². The van der Waals surface area contributed by atoms with E-state index in [4.69, 9.17) is 4.74 Å². The van der Waals surface area contributed by atoms with Crippen LogP contribution in [0.1, 0.15) is 37.1 Å². The Balaban J connectivity index is 1.81. The Kier molecular flexibility index (Phi) is 6.32. The summed E-state index contributed by atoms with van der Waals surface area (Å²) in [6.45, 7) is 4.67. The topological polar surface area (TPSA) is 88.9 Å². The molecule has 1 aromatic carbocycles. The first-order valence-corrected chi connectivity index (χ1v) is 11.2. The van der Waals surface area contributed by atoms with Crippen LogP contribution in [0, 0.1) is 0 Å². The van der Waals surface area contributed by atoms with Gasteiger partial charge in [-0.25, -0.2) is 17.7 Å². The molecule has 1 aliphatic heterocycles. The average Bonchev–Trinajstić information content (AvgIpc) is 2.90. The fourth-order valence-electron chi connectivity index (χ4n) is 3.32. The molecule has 172 valence electrons. The van der Waals surface area contributed by atoms with E-state index >= 15 is 0 Å². The van der Waals surface area contributed by atoms with Gasteiger partial charge in [0.1, 0.15) is 12.3 Å². The number of rotatable bonds is 5. The van der Waals surface area contributed by atoms with Crippen molar-refractivity contribution in [1.29, 1.82) is 0 Å². The van der Waals surface area contributed by atoms with Crippen LogP contribution in [-0.2, 0) is 21.0 Å². The average molecular weight is 469 g/mol. The third-order valence-electron chi connectivity index (χ3n) is 4.60. The lowest BCUT2D eigenvalue weighted by Gasteiger charge is -2.30. The molecule has 1 fully saturated rings. The second-order valence-electron chi connectivity index (χ2n) is 8.07. The van der Waals surface area contributed by atoms with E-state index in [0.717, 1.165) is 16.4 Å². The molecule has 1 amide bonds. The van der Waals surface area contributed by atoms with Crippen molar-refractivity contribution < 1.29 is 31.1 Å². The van der Waals surface area contributed by atoms with E-state index in [1.54, 1.807) is 51.1 Å². The van der Waals surface area contributed by atoms with Gasteiger partial charge in [-0.1, -0.05) is 30.3 Å². The number of nitrogens with zero attached hydrogens (tertiary/aromatic N) is 3. The summed E-state index contributed by atoms with van der Waals surface area (Å²) in [7, 11) is -4.05. The fourth-order valence-corrected chi connectivity index (χ4v) is 5.58. The summed E-state index contributed by atoms with van der Waals surface area (Å²) in [5.74, 6) is -0.751. The van der Waals surface area contributed by atoms with Gasteiger partial charge in [-0.2, -0.15) is 13.2 Å². The highest BCUT2D eigenvalue weighted by Crippen LogP contribution is 2.38. The van der Waals surface area contributed by atoms with E-state index < -0.39 is 38.5 Å². The molecule has 0 N–H and O–H groups in total. The molecule has 2 aromatic rings. The molecule has 3 rings (SSSR count). The summed E-state index contributed by atoms with van der Waals surface area (Å²) in [5.41, 5.74) is -1.60. The highest BCUT2D eigenvalue weighted by atomic mass is 32.2. The number of halogens is 3.